The van der Waals surface area contributed by atoms with Crippen molar-refractivity contribution in [2.24, 2.45) is 5.92 Å². The minimum Gasteiger partial charge on any atom is -0.317 e. The molecule has 0 amide bonds. The van der Waals surface area contributed by atoms with E-state index < -0.39 is 0 Å². The number of hydrogen-bond acceptors (Lipinski definition) is 2. The molecule has 0 aromatic carbocycles. The van der Waals surface area contributed by atoms with Gasteiger partial charge in [-0.3, -0.25) is 0 Å². The van der Waals surface area contributed by atoms with E-state index in [-0.39, 0.29) is 0 Å². The summed E-state index contributed by atoms with van der Waals surface area (Å²) in [6, 6.07) is 1.55. The molecule has 16 heavy (non-hydrogen) atoms. The first-order chi connectivity index (χ1) is 7.63. The smallest absolute Gasteiger partial charge is 0.00884 e. The van der Waals surface area contributed by atoms with Crippen LogP contribution in [0.25, 0.3) is 0 Å². The van der Waals surface area contributed by atoms with Crippen LogP contribution in [-0.2, 0) is 0 Å². The lowest BCUT2D eigenvalue weighted by Crippen LogP contribution is -2.44. The Balaban J connectivity index is 2.15. The van der Waals surface area contributed by atoms with Crippen molar-refractivity contribution in [3.8, 4) is 0 Å². The summed E-state index contributed by atoms with van der Waals surface area (Å²) in [7, 11) is 2.09. The van der Waals surface area contributed by atoms with Crippen LogP contribution in [0.2, 0.25) is 0 Å². The normalized spacial score (nSPS) is 21.6. The number of piperidine rings is 1. The van der Waals surface area contributed by atoms with Crippen LogP contribution >= 0.6 is 0 Å². The van der Waals surface area contributed by atoms with E-state index in [2.05, 4.69) is 38.0 Å². The Morgan fingerprint density at radius 1 is 1.12 bits per heavy atom. The van der Waals surface area contributed by atoms with Gasteiger partial charge in [0.05, 0.1) is 0 Å². The van der Waals surface area contributed by atoms with E-state index in [0.717, 1.165) is 18.0 Å². The fourth-order valence-electron chi connectivity index (χ4n) is 2.63. The summed E-state index contributed by atoms with van der Waals surface area (Å²) in [6.07, 6.45) is 6.81. The quantitative estimate of drug-likeness (QED) is 0.749. The molecule has 0 bridgehead atoms. The number of nitrogens with one attached hydrogen (secondary N) is 1. The molecule has 2 nitrogen and oxygen atoms in total. The standard InChI is InChI=1S/C14H30N2/c1-12(2)6-5-7-13(3)16-10-8-14(15-4)9-11-16/h12-15H,5-11H2,1-4H3. The molecule has 96 valence electrons. The van der Waals surface area contributed by atoms with Gasteiger partial charge in [0.1, 0.15) is 0 Å². The Morgan fingerprint density at radius 2 is 1.75 bits per heavy atom. The zero-order valence-corrected chi connectivity index (χ0v) is 11.6. The van der Waals surface area contributed by atoms with E-state index in [4.69, 9.17) is 0 Å². The van der Waals surface area contributed by atoms with Crippen LogP contribution in [0, 0.1) is 5.92 Å². The summed E-state index contributed by atoms with van der Waals surface area (Å²) in [5, 5.41) is 3.39. The molecule has 1 saturated heterocycles. The molecule has 1 atom stereocenters. The minimum atomic E-state index is 0.763. The molecule has 1 N–H and O–H groups in total. The molecule has 1 heterocycles. The lowest BCUT2D eigenvalue weighted by atomic mass is 9.99. The predicted octanol–water partition coefficient (Wildman–Crippen LogP) is 2.89. The molecule has 1 unspecified atom stereocenters. The van der Waals surface area contributed by atoms with E-state index >= 15 is 0 Å². The van der Waals surface area contributed by atoms with Crippen LogP contribution in [0.1, 0.15) is 52.9 Å². The topological polar surface area (TPSA) is 15.3 Å². The molecule has 0 aromatic rings. The van der Waals surface area contributed by atoms with Gasteiger partial charge >= 0.3 is 0 Å². The van der Waals surface area contributed by atoms with Crippen molar-refractivity contribution in [3.63, 3.8) is 0 Å². The van der Waals surface area contributed by atoms with Crippen LogP contribution in [0.5, 0.6) is 0 Å². The van der Waals surface area contributed by atoms with Gasteiger partial charge in [0.25, 0.3) is 0 Å². The highest BCUT2D eigenvalue weighted by Crippen LogP contribution is 2.17. The molecule has 1 rings (SSSR count). The van der Waals surface area contributed by atoms with Gasteiger partial charge in [-0.25, -0.2) is 0 Å². The third kappa shape index (κ3) is 4.84. The minimum absolute atomic E-state index is 0.763. The second kappa shape index (κ2) is 7.29. The lowest BCUT2D eigenvalue weighted by molar-refractivity contribution is 0.146. The highest BCUT2D eigenvalue weighted by molar-refractivity contribution is 4.79. The van der Waals surface area contributed by atoms with Crippen LogP contribution < -0.4 is 5.32 Å². The maximum atomic E-state index is 3.39. The van der Waals surface area contributed by atoms with E-state index in [1.807, 2.05) is 0 Å². The fourth-order valence-corrected chi connectivity index (χ4v) is 2.63. The van der Waals surface area contributed by atoms with Crippen molar-refractivity contribution in [2.75, 3.05) is 20.1 Å². The number of hydrogen-bond donors (Lipinski definition) is 1. The highest BCUT2D eigenvalue weighted by Gasteiger charge is 2.21. The van der Waals surface area contributed by atoms with Gasteiger partial charge in [-0.2, -0.15) is 0 Å². The fraction of sp³-hybridized carbons (Fsp3) is 1.00. The summed E-state index contributed by atoms with van der Waals surface area (Å²) < 4.78 is 0. The zero-order chi connectivity index (χ0) is 12.0. The molecule has 1 aliphatic heterocycles. The summed E-state index contributed by atoms with van der Waals surface area (Å²) in [4.78, 5) is 2.67. The molecule has 0 aliphatic carbocycles. The van der Waals surface area contributed by atoms with Crippen molar-refractivity contribution in [1.29, 1.82) is 0 Å². The summed E-state index contributed by atoms with van der Waals surface area (Å²) >= 11 is 0. The molecule has 0 spiro atoms. The monoisotopic (exact) mass is 226 g/mol. The maximum Gasteiger partial charge on any atom is 0.00884 e. The Kier molecular flexibility index (Phi) is 6.37. The van der Waals surface area contributed by atoms with E-state index in [9.17, 15) is 0 Å². The summed E-state index contributed by atoms with van der Waals surface area (Å²) in [5.74, 6) is 0.863. The Hall–Kier alpha value is -0.0800. The summed E-state index contributed by atoms with van der Waals surface area (Å²) in [6.45, 7) is 9.62. The Labute approximate surface area is 102 Å². The largest absolute Gasteiger partial charge is 0.317 e. The van der Waals surface area contributed by atoms with Crippen molar-refractivity contribution >= 4 is 0 Å². The first kappa shape index (κ1) is 14.0. The zero-order valence-electron chi connectivity index (χ0n) is 11.6. The SMILES string of the molecule is CNC1CCN(C(C)CCCC(C)C)CC1. The van der Waals surface area contributed by atoms with Gasteiger partial charge in [0.15, 0.2) is 0 Å². The highest BCUT2D eigenvalue weighted by atomic mass is 15.2. The maximum absolute atomic E-state index is 3.39. The molecule has 1 aliphatic rings. The second-order valence-corrected chi connectivity index (χ2v) is 5.77. The Morgan fingerprint density at radius 3 is 2.25 bits per heavy atom. The third-order valence-electron chi connectivity index (χ3n) is 3.96. The molecular formula is C14H30N2. The van der Waals surface area contributed by atoms with Crippen molar-refractivity contribution in [2.45, 2.75) is 65.0 Å². The van der Waals surface area contributed by atoms with Gasteiger partial charge in [-0.1, -0.05) is 26.7 Å². The summed E-state index contributed by atoms with van der Waals surface area (Å²) in [5.41, 5.74) is 0. The first-order valence-electron chi connectivity index (χ1n) is 7.04. The van der Waals surface area contributed by atoms with Crippen LogP contribution in [0.15, 0.2) is 0 Å². The average Bonchev–Trinajstić information content (AvgIpc) is 2.28. The van der Waals surface area contributed by atoms with Crippen molar-refractivity contribution in [3.05, 3.63) is 0 Å². The lowest BCUT2D eigenvalue weighted by Gasteiger charge is -2.36. The number of likely N-dealkylation sites (tertiary alicyclic amines) is 1. The van der Waals surface area contributed by atoms with Gasteiger partial charge < -0.3 is 10.2 Å². The number of rotatable bonds is 6. The van der Waals surface area contributed by atoms with Gasteiger partial charge in [-0.05, 0) is 52.2 Å². The van der Waals surface area contributed by atoms with E-state index in [1.165, 1.54) is 45.2 Å². The molecular weight excluding hydrogens is 196 g/mol. The van der Waals surface area contributed by atoms with E-state index in [1.54, 1.807) is 0 Å². The molecule has 0 saturated carbocycles. The van der Waals surface area contributed by atoms with Crippen LogP contribution in [-0.4, -0.2) is 37.1 Å². The molecule has 0 aromatic heterocycles. The average molecular weight is 226 g/mol. The molecule has 0 radical (unpaired) electrons. The van der Waals surface area contributed by atoms with Gasteiger partial charge in [0.2, 0.25) is 0 Å². The van der Waals surface area contributed by atoms with Crippen molar-refractivity contribution < 1.29 is 0 Å². The van der Waals surface area contributed by atoms with Crippen molar-refractivity contribution in [1.82, 2.24) is 10.2 Å². The van der Waals surface area contributed by atoms with Crippen LogP contribution in [0.3, 0.4) is 0 Å². The predicted molar refractivity (Wildman–Crippen MR) is 71.8 cm³/mol. The third-order valence-corrected chi connectivity index (χ3v) is 3.96. The molecule has 2 heteroatoms. The van der Waals surface area contributed by atoms with Gasteiger partial charge in [-0.15, -0.1) is 0 Å². The molecule has 1 fully saturated rings. The first-order valence-corrected chi connectivity index (χ1v) is 7.04. The van der Waals surface area contributed by atoms with Crippen LogP contribution in [0.4, 0.5) is 0 Å². The van der Waals surface area contributed by atoms with Gasteiger partial charge in [0, 0.05) is 12.1 Å². The Bertz CT molecular complexity index is 172. The second-order valence-electron chi connectivity index (χ2n) is 5.77. The number of nitrogens with zero attached hydrogens (tertiary/aromatic N) is 1. The van der Waals surface area contributed by atoms with E-state index in [0.29, 0.717) is 0 Å².